The predicted molar refractivity (Wildman–Crippen MR) is 71.4 cm³/mol. The average molecular weight is 280 g/mol. The number of rotatable bonds is 6. The molecule has 0 aromatic heterocycles. The standard InChI is InChI=1S/C13H16N2O5/c1-9(16)14-7-6-12(18)15(8-13(19)20)10-2-4-11(17)5-3-10/h2-5,17H,6-8H2,1H3,(H,14,16)(H,19,20). The molecular weight excluding hydrogens is 264 g/mol. The lowest BCUT2D eigenvalue weighted by Crippen LogP contribution is -2.37. The van der Waals surface area contributed by atoms with Crippen LogP contribution in [0.1, 0.15) is 13.3 Å². The number of hydrogen-bond donors (Lipinski definition) is 3. The molecule has 1 aromatic carbocycles. The van der Waals surface area contributed by atoms with Crippen LogP contribution in [0.25, 0.3) is 0 Å². The summed E-state index contributed by atoms with van der Waals surface area (Å²) in [7, 11) is 0. The average Bonchev–Trinajstić information content (AvgIpc) is 2.36. The van der Waals surface area contributed by atoms with E-state index in [0.29, 0.717) is 5.69 Å². The van der Waals surface area contributed by atoms with Gasteiger partial charge in [0.1, 0.15) is 12.3 Å². The largest absolute Gasteiger partial charge is 0.508 e. The molecular formula is C13H16N2O5. The third-order valence-corrected chi connectivity index (χ3v) is 2.47. The normalized spacial score (nSPS) is 9.85. The van der Waals surface area contributed by atoms with Crippen LogP contribution in [0.15, 0.2) is 24.3 Å². The van der Waals surface area contributed by atoms with Gasteiger partial charge >= 0.3 is 5.97 Å². The van der Waals surface area contributed by atoms with Gasteiger partial charge in [-0.05, 0) is 24.3 Å². The van der Waals surface area contributed by atoms with Crippen LogP contribution in [0.5, 0.6) is 5.75 Å². The van der Waals surface area contributed by atoms with E-state index in [-0.39, 0.29) is 24.6 Å². The molecule has 3 N–H and O–H groups in total. The molecule has 0 aliphatic heterocycles. The van der Waals surface area contributed by atoms with Crippen molar-refractivity contribution in [3.63, 3.8) is 0 Å². The molecule has 0 atom stereocenters. The number of carboxylic acids is 1. The van der Waals surface area contributed by atoms with Crippen LogP contribution in [0, 0.1) is 0 Å². The van der Waals surface area contributed by atoms with Crippen molar-refractivity contribution in [2.45, 2.75) is 13.3 Å². The summed E-state index contributed by atoms with van der Waals surface area (Å²) in [6.45, 7) is 0.992. The molecule has 0 fully saturated rings. The van der Waals surface area contributed by atoms with Crippen molar-refractivity contribution in [1.29, 1.82) is 0 Å². The summed E-state index contributed by atoms with van der Waals surface area (Å²) < 4.78 is 0. The van der Waals surface area contributed by atoms with E-state index in [1.807, 2.05) is 0 Å². The Morgan fingerprint density at radius 3 is 2.30 bits per heavy atom. The fourth-order valence-corrected chi connectivity index (χ4v) is 1.57. The molecule has 0 saturated carbocycles. The Hall–Kier alpha value is -2.57. The van der Waals surface area contributed by atoms with Crippen molar-refractivity contribution >= 4 is 23.5 Å². The third-order valence-electron chi connectivity index (χ3n) is 2.47. The molecule has 0 radical (unpaired) electrons. The molecule has 1 rings (SSSR count). The summed E-state index contributed by atoms with van der Waals surface area (Å²) in [6, 6.07) is 5.64. The Morgan fingerprint density at radius 1 is 1.20 bits per heavy atom. The number of benzene rings is 1. The number of aromatic hydroxyl groups is 1. The van der Waals surface area contributed by atoms with Crippen LogP contribution >= 0.6 is 0 Å². The minimum atomic E-state index is -1.15. The molecule has 2 amide bonds. The maximum atomic E-state index is 12.0. The van der Waals surface area contributed by atoms with E-state index >= 15 is 0 Å². The number of carbonyl (C=O) groups is 3. The highest BCUT2D eigenvalue weighted by Crippen LogP contribution is 2.19. The lowest BCUT2D eigenvalue weighted by molar-refractivity contribution is -0.136. The van der Waals surface area contributed by atoms with Gasteiger partial charge in [0.2, 0.25) is 11.8 Å². The highest BCUT2D eigenvalue weighted by Gasteiger charge is 2.18. The molecule has 0 spiro atoms. The first-order chi connectivity index (χ1) is 9.40. The van der Waals surface area contributed by atoms with E-state index < -0.39 is 18.4 Å². The molecule has 7 nitrogen and oxygen atoms in total. The fraction of sp³-hybridized carbons (Fsp3) is 0.308. The second kappa shape index (κ2) is 7.13. The SMILES string of the molecule is CC(=O)NCCC(=O)N(CC(=O)O)c1ccc(O)cc1. The number of aliphatic carboxylic acids is 1. The van der Waals surface area contributed by atoms with Crippen molar-refractivity contribution in [3.05, 3.63) is 24.3 Å². The lowest BCUT2D eigenvalue weighted by atomic mass is 10.2. The highest BCUT2D eigenvalue weighted by molar-refractivity contribution is 5.97. The zero-order valence-electron chi connectivity index (χ0n) is 11.0. The van der Waals surface area contributed by atoms with Gasteiger partial charge in [0, 0.05) is 25.6 Å². The van der Waals surface area contributed by atoms with Crippen LogP contribution in [0.4, 0.5) is 5.69 Å². The molecule has 0 saturated heterocycles. The van der Waals surface area contributed by atoms with Gasteiger partial charge in [0.15, 0.2) is 0 Å². The van der Waals surface area contributed by atoms with Crippen LogP contribution < -0.4 is 10.2 Å². The molecule has 0 aliphatic rings. The van der Waals surface area contributed by atoms with Gasteiger partial charge in [-0.2, -0.15) is 0 Å². The van der Waals surface area contributed by atoms with Crippen molar-refractivity contribution in [3.8, 4) is 5.75 Å². The Labute approximate surface area is 115 Å². The van der Waals surface area contributed by atoms with E-state index in [1.54, 1.807) is 0 Å². The smallest absolute Gasteiger partial charge is 0.323 e. The number of anilines is 1. The first-order valence-corrected chi connectivity index (χ1v) is 5.96. The van der Waals surface area contributed by atoms with Gasteiger partial charge in [-0.1, -0.05) is 0 Å². The van der Waals surface area contributed by atoms with Crippen LogP contribution in [0.3, 0.4) is 0 Å². The van der Waals surface area contributed by atoms with Crippen molar-refractivity contribution in [2.75, 3.05) is 18.0 Å². The molecule has 0 heterocycles. The number of nitrogens with one attached hydrogen (secondary N) is 1. The van der Waals surface area contributed by atoms with Crippen molar-refractivity contribution in [1.82, 2.24) is 5.32 Å². The number of carboxylic acid groups (broad SMARTS) is 1. The second-order valence-corrected chi connectivity index (χ2v) is 4.12. The third kappa shape index (κ3) is 4.97. The van der Waals surface area contributed by atoms with Crippen LogP contribution in [-0.4, -0.2) is 41.1 Å². The number of phenolic OH excluding ortho intramolecular Hbond substituents is 1. The quantitative estimate of drug-likeness (QED) is 0.696. The van der Waals surface area contributed by atoms with Gasteiger partial charge in [0.25, 0.3) is 0 Å². The van der Waals surface area contributed by atoms with Crippen molar-refractivity contribution < 1.29 is 24.6 Å². The van der Waals surface area contributed by atoms with Crippen molar-refractivity contribution in [2.24, 2.45) is 0 Å². The number of phenols is 1. The van der Waals surface area contributed by atoms with Gasteiger partial charge in [-0.25, -0.2) is 0 Å². The Kier molecular flexibility index (Phi) is 5.52. The summed E-state index contributed by atoms with van der Waals surface area (Å²) in [4.78, 5) is 34.6. The minimum Gasteiger partial charge on any atom is -0.508 e. The summed E-state index contributed by atoms with van der Waals surface area (Å²) in [5, 5.41) is 20.5. The summed E-state index contributed by atoms with van der Waals surface area (Å²) >= 11 is 0. The van der Waals surface area contributed by atoms with Gasteiger partial charge in [-0.3, -0.25) is 14.4 Å². The summed E-state index contributed by atoms with van der Waals surface area (Å²) in [5.41, 5.74) is 0.373. The fourth-order valence-electron chi connectivity index (χ4n) is 1.57. The Bertz CT molecular complexity index is 498. The Morgan fingerprint density at radius 2 is 1.80 bits per heavy atom. The van der Waals surface area contributed by atoms with E-state index in [0.717, 1.165) is 4.90 Å². The first-order valence-electron chi connectivity index (χ1n) is 5.96. The summed E-state index contributed by atoms with van der Waals surface area (Å²) in [5.74, 6) is -1.81. The van der Waals surface area contributed by atoms with Gasteiger partial charge in [0.05, 0.1) is 0 Å². The van der Waals surface area contributed by atoms with Crippen LogP contribution in [0.2, 0.25) is 0 Å². The topological polar surface area (TPSA) is 107 Å². The monoisotopic (exact) mass is 280 g/mol. The zero-order valence-corrected chi connectivity index (χ0v) is 11.0. The number of carbonyl (C=O) groups excluding carboxylic acids is 2. The zero-order chi connectivity index (χ0) is 15.1. The van der Waals surface area contributed by atoms with E-state index in [4.69, 9.17) is 5.11 Å². The maximum Gasteiger partial charge on any atom is 0.323 e. The lowest BCUT2D eigenvalue weighted by Gasteiger charge is -2.21. The molecule has 0 bridgehead atoms. The van der Waals surface area contributed by atoms with E-state index in [9.17, 15) is 19.5 Å². The molecule has 7 heteroatoms. The van der Waals surface area contributed by atoms with Crippen LogP contribution in [-0.2, 0) is 14.4 Å². The Balaban J connectivity index is 2.77. The predicted octanol–water partition coefficient (Wildman–Crippen LogP) is 0.336. The number of amides is 2. The minimum absolute atomic E-state index is 0.00621. The molecule has 20 heavy (non-hydrogen) atoms. The number of hydrogen-bond acceptors (Lipinski definition) is 4. The second-order valence-electron chi connectivity index (χ2n) is 4.12. The van der Waals surface area contributed by atoms with Gasteiger partial charge < -0.3 is 20.4 Å². The highest BCUT2D eigenvalue weighted by atomic mass is 16.4. The van der Waals surface area contributed by atoms with Gasteiger partial charge in [-0.15, -0.1) is 0 Å². The molecule has 108 valence electrons. The number of nitrogens with zero attached hydrogens (tertiary/aromatic N) is 1. The molecule has 0 unspecified atom stereocenters. The molecule has 0 aliphatic carbocycles. The molecule has 1 aromatic rings. The van der Waals surface area contributed by atoms with E-state index in [2.05, 4.69) is 5.32 Å². The summed E-state index contributed by atoms with van der Waals surface area (Å²) in [6.07, 6.45) is -0.00621. The first kappa shape index (κ1) is 15.5. The maximum absolute atomic E-state index is 12.0. The van der Waals surface area contributed by atoms with E-state index in [1.165, 1.54) is 31.2 Å².